The molecule has 0 aliphatic carbocycles. The molecule has 0 radical (unpaired) electrons. The summed E-state index contributed by atoms with van der Waals surface area (Å²) in [5, 5.41) is 6.27. The highest BCUT2D eigenvalue weighted by Crippen LogP contribution is 2.19. The maximum Gasteiger partial charge on any atom is 0.243 e. The molecule has 9 heteroatoms. The Hall–Kier alpha value is -3.59. The number of para-hydroxylation sites is 1. The van der Waals surface area contributed by atoms with E-state index in [0.717, 1.165) is 35.0 Å². The van der Waals surface area contributed by atoms with E-state index in [9.17, 15) is 23.2 Å². The number of rotatable bonds is 12. The van der Waals surface area contributed by atoms with Crippen LogP contribution in [0, 0.1) is 11.6 Å². The molecule has 1 heterocycles. The van der Waals surface area contributed by atoms with Crippen molar-refractivity contribution in [2.24, 2.45) is 5.73 Å². The molecule has 7 nitrogen and oxygen atoms in total. The number of H-pyrrole nitrogens is 1. The van der Waals surface area contributed by atoms with Crippen LogP contribution in [-0.4, -0.2) is 41.2 Å². The van der Waals surface area contributed by atoms with E-state index in [-0.39, 0.29) is 12.8 Å². The average Bonchev–Trinajstić information content (AvgIpc) is 3.26. The van der Waals surface area contributed by atoms with Crippen molar-refractivity contribution in [3.8, 4) is 0 Å². The maximum absolute atomic E-state index is 13.5. The Kier molecular flexibility index (Phi) is 9.08. The molecule has 5 N–H and O–H groups in total. The number of amides is 2. The molecule has 0 fully saturated rings. The molecule has 0 unspecified atom stereocenters. The molecule has 0 saturated carbocycles. The number of aromatic amines is 1. The first-order valence-electron chi connectivity index (χ1n) is 11.6. The van der Waals surface area contributed by atoms with Crippen molar-refractivity contribution in [3.63, 3.8) is 0 Å². The number of halogens is 2. The quantitative estimate of drug-likeness (QED) is 0.296. The van der Waals surface area contributed by atoms with Gasteiger partial charge in [0.15, 0.2) is 11.6 Å². The van der Waals surface area contributed by atoms with E-state index < -0.39 is 41.6 Å². The molecule has 0 bridgehead atoms. The third kappa shape index (κ3) is 6.95. The van der Waals surface area contributed by atoms with Gasteiger partial charge in [0.1, 0.15) is 12.3 Å². The van der Waals surface area contributed by atoms with Crippen molar-refractivity contribution in [3.05, 3.63) is 71.4 Å². The van der Waals surface area contributed by atoms with E-state index in [0.29, 0.717) is 24.7 Å². The second kappa shape index (κ2) is 12.2. The van der Waals surface area contributed by atoms with Crippen LogP contribution in [0.25, 0.3) is 10.9 Å². The zero-order chi connectivity index (χ0) is 25.4. The Labute approximate surface area is 202 Å². The number of aromatic nitrogens is 1. The Balaban J connectivity index is 1.63. The molecular formula is C26H30F2N4O3. The molecule has 3 atom stereocenters. The molecule has 186 valence electrons. The molecule has 3 aromatic rings. The fourth-order valence-electron chi connectivity index (χ4n) is 3.92. The fraction of sp³-hybridized carbons (Fsp3) is 0.346. The van der Waals surface area contributed by atoms with Gasteiger partial charge in [-0.1, -0.05) is 44.0 Å². The van der Waals surface area contributed by atoms with Gasteiger partial charge in [-0.3, -0.25) is 9.59 Å². The van der Waals surface area contributed by atoms with Gasteiger partial charge in [-0.25, -0.2) is 8.78 Å². The van der Waals surface area contributed by atoms with Gasteiger partial charge in [-0.15, -0.1) is 0 Å². The maximum atomic E-state index is 13.5. The van der Waals surface area contributed by atoms with Crippen LogP contribution in [0.5, 0.6) is 0 Å². The van der Waals surface area contributed by atoms with Crippen molar-refractivity contribution in [2.45, 2.75) is 57.2 Å². The van der Waals surface area contributed by atoms with E-state index in [1.807, 2.05) is 37.4 Å². The average molecular weight is 485 g/mol. The summed E-state index contributed by atoms with van der Waals surface area (Å²) in [6.45, 7) is 1.96. The predicted octanol–water partition coefficient (Wildman–Crippen LogP) is 2.92. The number of hydrogen-bond acceptors (Lipinski definition) is 4. The summed E-state index contributed by atoms with van der Waals surface area (Å²) < 4.78 is 26.7. The lowest BCUT2D eigenvalue weighted by molar-refractivity contribution is -0.130. The van der Waals surface area contributed by atoms with Gasteiger partial charge in [0, 0.05) is 17.1 Å². The van der Waals surface area contributed by atoms with Gasteiger partial charge in [-0.05, 0) is 48.6 Å². The Bertz CT molecular complexity index is 1180. The highest BCUT2D eigenvalue weighted by molar-refractivity contribution is 5.91. The molecule has 0 aliphatic rings. The van der Waals surface area contributed by atoms with Gasteiger partial charge >= 0.3 is 0 Å². The van der Waals surface area contributed by atoms with Crippen molar-refractivity contribution in [2.75, 3.05) is 0 Å². The summed E-state index contributed by atoms with van der Waals surface area (Å²) >= 11 is 0. The summed E-state index contributed by atoms with van der Waals surface area (Å²) in [7, 11) is 0. The standard InChI is InChI=1S/C26H30F2N4O3/c1-2-3-7-24(26(35)31-18(15-33)11-16-9-10-20(27)21(28)12-16)32-25(34)22(29)13-17-14-30-23-8-5-4-6-19(17)23/h4-6,8-10,12,14-15,18,22,24,30H,2-3,7,11,13,29H2,1H3,(H,31,35)(H,32,34)/t18-,22-,24-/m0/s1. The van der Waals surface area contributed by atoms with E-state index in [2.05, 4.69) is 15.6 Å². The van der Waals surface area contributed by atoms with Crippen molar-refractivity contribution in [1.29, 1.82) is 0 Å². The molecule has 1 aromatic heterocycles. The number of aldehydes is 1. The van der Waals surface area contributed by atoms with Crippen LogP contribution in [0.2, 0.25) is 0 Å². The molecule has 3 rings (SSSR count). The third-order valence-electron chi connectivity index (χ3n) is 5.86. The summed E-state index contributed by atoms with van der Waals surface area (Å²) in [5.41, 5.74) is 8.34. The van der Waals surface area contributed by atoms with Gasteiger partial charge in [0.25, 0.3) is 0 Å². The number of hydrogen-bond donors (Lipinski definition) is 4. The molecule has 0 aliphatic heterocycles. The highest BCUT2D eigenvalue weighted by Gasteiger charge is 2.26. The Morgan fingerprint density at radius 1 is 1.06 bits per heavy atom. The third-order valence-corrected chi connectivity index (χ3v) is 5.86. The fourth-order valence-corrected chi connectivity index (χ4v) is 3.92. The van der Waals surface area contributed by atoms with E-state index in [1.165, 1.54) is 6.07 Å². The summed E-state index contributed by atoms with van der Waals surface area (Å²) in [5.74, 6) is -3.04. The van der Waals surface area contributed by atoms with Crippen LogP contribution in [-0.2, 0) is 27.2 Å². The monoisotopic (exact) mass is 484 g/mol. The number of carbonyl (C=O) groups excluding carboxylic acids is 3. The normalized spacial score (nSPS) is 13.7. The summed E-state index contributed by atoms with van der Waals surface area (Å²) in [6.07, 6.45) is 4.45. The summed E-state index contributed by atoms with van der Waals surface area (Å²) in [4.78, 5) is 40.4. The smallest absolute Gasteiger partial charge is 0.243 e. The minimum Gasteiger partial charge on any atom is -0.361 e. The number of benzene rings is 2. The Morgan fingerprint density at radius 2 is 1.83 bits per heavy atom. The molecule has 2 aromatic carbocycles. The van der Waals surface area contributed by atoms with Crippen LogP contribution < -0.4 is 16.4 Å². The zero-order valence-corrected chi connectivity index (χ0v) is 19.5. The lowest BCUT2D eigenvalue weighted by Crippen LogP contribution is -2.54. The number of nitrogens with two attached hydrogens (primary N) is 1. The zero-order valence-electron chi connectivity index (χ0n) is 19.5. The van der Waals surface area contributed by atoms with Crippen molar-refractivity contribution < 1.29 is 23.2 Å². The SMILES string of the molecule is CCCC[C@H](NC(=O)[C@@H](N)Cc1c[nH]c2ccccc12)C(=O)N[C@H](C=O)Cc1ccc(F)c(F)c1. The topological polar surface area (TPSA) is 117 Å². The summed E-state index contributed by atoms with van der Waals surface area (Å²) in [6, 6.07) is 8.25. The number of carbonyl (C=O) groups is 3. The lowest BCUT2D eigenvalue weighted by Gasteiger charge is -2.22. The first-order valence-corrected chi connectivity index (χ1v) is 11.6. The van der Waals surface area contributed by atoms with Crippen LogP contribution in [0.1, 0.15) is 37.3 Å². The second-order valence-electron chi connectivity index (χ2n) is 8.58. The van der Waals surface area contributed by atoms with Gasteiger partial charge < -0.3 is 26.1 Å². The number of fused-ring (bicyclic) bond motifs is 1. The van der Waals surface area contributed by atoms with Crippen LogP contribution in [0.4, 0.5) is 8.78 Å². The minimum absolute atomic E-state index is 0.0129. The van der Waals surface area contributed by atoms with E-state index >= 15 is 0 Å². The van der Waals surface area contributed by atoms with Gasteiger partial charge in [0.2, 0.25) is 11.8 Å². The largest absolute Gasteiger partial charge is 0.361 e. The van der Waals surface area contributed by atoms with Crippen molar-refractivity contribution in [1.82, 2.24) is 15.6 Å². The molecule has 35 heavy (non-hydrogen) atoms. The number of unbranched alkanes of at least 4 members (excludes halogenated alkanes) is 1. The molecule has 0 spiro atoms. The van der Waals surface area contributed by atoms with Gasteiger partial charge in [-0.2, -0.15) is 0 Å². The highest BCUT2D eigenvalue weighted by atomic mass is 19.2. The lowest BCUT2D eigenvalue weighted by atomic mass is 10.0. The van der Waals surface area contributed by atoms with E-state index in [4.69, 9.17) is 5.73 Å². The van der Waals surface area contributed by atoms with Crippen molar-refractivity contribution >= 4 is 29.0 Å². The van der Waals surface area contributed by atoms with Crippen LogP contribution >= 0.6 is 0 Å². The predicted molar refractivity (Wildman–Crippen MR) is 129 cm³/mol. The van der Waals surface area contributed by atoms with Gasteiger partial charge in [0.05, 0.1) is 12.1 Å². The Morgan fingerprint density at radius 3 is 2.54 bits per heavy atom. The molecular weight excluding hydrogens is 454 g/mol. The van der Waals surface area contributed by atoms with Crippen LogP contribution in [0.15, 0.2) is 48.7 Å². The molecule has 0 saturated heterocycles. The van der Waals surface area contributed by atoms with E-state index in [1.54, 1.807) is 0 Å². The van der Waals surface area contributed by atoms with Crippen LogP contribution in [0.3, 0.4) is 0 Å². The first-order chi connectivity index (χ1) is 16.8. The first kappa shape index (κ1) is 26.0. The minimum atomic E-state index is -1.03. The number of nitrogens with one attached hydrogen (secondary N) is 3. The second-order valence-corrected chi connectivity index (χ2v) is 8.58. The molecule has 2 amide bonds.